The average Bonchev–Trinajstić information content (AvgIpc) is 2.72. The topological polar surface area (TPSA) is 66.3 Å². The van der Waals surface area contributed by atoms with Gasteiger partial charge in [0, 0.05) is 32.4 Å². The van der Waals surface area contributed by atoms with Crippen molar-refractivity contribution in [3.8, 4) is 0 Å². The zero-order chi connectivity index (χ0) is 12.3. The van der Waals surface area contributed by atoms with E-state index in [4.69, 9.17) is 0 Å². The minimum absolute atomic E-state index is 0.122. The van der Waals surface area contributed by atoms with Crippen molar-refractivity contribution >= 4 is 5.91 Å². The normalized spacial score (nSPS) is 17.5. The second-order valence-corrected chi connectivity index (χ2v) is 4.60. The molecule has 0 saturated carbocycles. The molecule has 1 saturated heterocycles. The lowest BCUT2D eigenvalue weighted by Crippen LogP contribution is -2.64. The fourth-order valence-electron chi connectivity index (χ4n) is 1.93. The van der Waals surface area contributed by atoms with Crippen LogP contribution in [0.3, 0.4) is 0 Å². The molecule has 94 valence electrons. The number of β-amino-alcohol motifs (C(OH)–C–C–N with tert-alkyl or cyclic N) is 1. The molecule has 0 aliphatic carbocycles. The third-order valence-corrected chi connectivity index (χ3v) is 3.01. The Kier molecular flexibility index (Phi) is 3.49. The van der Waals surface area contributed by atoms with Crippen LogP contribution in [0.4, 0.5) is 0 Å². The molecule has 17 heavy (non-hydrogen) atoms. The Labute approximate surface area is 101 Å². The van der Waals surface area contributed by atoms with Crippen LogP contribution in [0, 0.1) is 0 Å². The van der Waals surface area contributed by atoms with Gasteiger partial charge >= 0.3 is 0 Å². The highest BCUT2D eigenvalue weighted by Crippen LogP contribution is 2.09. The molecule has 0 aromatic carbocycles. The number of nitrogens with zero attached hydrogens (tertiary/aromatic N) is 1. The lowest BCUT2D eigenvalue weighted by molar-refractivity contribution is -0.00766. The summed E-state index contributed by atoms with van der Waals surface area (Å²) < 4.78 is 1.93. The van der Waals surface area contributed by atoms with E-state index in [1.165, 1.54) is 0 Å². The van der Waals surface area contributed by atoms with Crippen molar-refractivity contribution in [2.24, 2.45) is 0 Å². The van der Waals surface area contributed by atoms with Gasteiger partial charge in [-0.3, -0.25) is 4.79 Å². The fourth-order valence-corrected chi connectivity index (χ4v) is 1.93. The van der Waals surface area contributed by atoms with Gasteiger partial charge in [0.2, 0.25) is 0 Å². The van der Waals surface area contributed by atoms with Crippen LogP contribution in [0.1, 0.15) is 23.8 Å². The standard InChI is InChI=1S/C12H19N3O2/c1-2-5-15-6-3-4-10(15)11(16)14-9-12(17)7-13-8-12/h3-4,6,13,17H,2,5,7-9H2,1H3,(H,14,16). The Morgan fingerprint density at radius 2 is 2.41 bits per heavy atom. The molecule has 1 aromatic heterocycles. The molecule has 2 rings (SSSR count). The molecule has 1 fully saturated rings. The summed E-state index contributed by atoms with van der Waals surface area (Å²) >= 11 is 0. The number of hydrogen-bond donors (Lipinski definition) is 3. The molecule has 1 aliphatic rings. The molecular formula is C12H19N3O2. The molecule has 5 heteroatoms. The molecule has 5 nitrogen and oxygen atoms in total. The summed E-state index contributed by atoms with van der Waals surface area (Å²) in [7, 11) is 0. The van der Waals surface area contributed by atoms with Gasteiger partial charge in [-0.1, -0.05) is 6.92 Å². The zero-order valence-corrected chi connectivity index (χ0v) is 10.1. The molecule has 0 unspecified atom stereocenters. The van der Waals surface area contributed by atoms with Gasteiger partial charge in [-0.15, -0.1) is 0 Å². The van der Waals surface area contributed by atoms with E-state index < -0.39 is 5.60 Å². The maximum atomic E-state index is 11.9. The van der Waals surface area contributed by atoms with Crippen molar-refractivity contribution in [3.63, 3.8) is 0 Å². The van der Waals surface area contributed by atoms with E-state index in [-0.39, 0.29) is 5.91 Å². The third-order valence-electron chi connectivity index (χ3n) is 3.01. The third kappa shape index (κ3) is 2.68. The van der Waals surface area contributed by atoms with E-state index in [1.807, 2.05) is 16.8 Å². The van der Waals surface area contributed by atoms with Gasteiger partial charge in [0.05, 0.1) is 0 Å². The van der Waals surface area contributed by atoms with E-state index in [2.05, 4.69) is 17.6 Å². The van der Waals surface area contributed by atoms with Crippen LogP contribution in [0.2, 0.25) is 0 Å². The molecule has 1 amide bonds. The van der Waals surface area contributed by atoms with Gasteiger partial charge in [0.25, 0.3) is 5.91 Å². The summed E-state index contributed by atoms with van der Waals surface area (Å²) in [5, 5.41) is 15.6. The molecular weight excluding hydrogens is 218 g/mol. The summed E-state index contributed by atoms with van der Waals surface area (Å²) in [6, 6.07) is 3.66. The largest absolute Gasteiger partial charge is 0.385 e. The summed E-state index contributed by atoms with van der Waals surface area (Å²) in [5.74, 6) is -0.122. The second kappa shape index (κ2) is 4.89. The van der Waals surface area contributed by atoms with Crippen LogP contribution < -0.4 is 10.6 Å². The minimum atomic E-state index is -0.766. The summed E-state index contributed by atoms with van der Waals surface area (Å²) in [4.78, 5) is 11.9. The summed E-state index contributed by atoms with van der Waals surface area (Å²) in [6.45, 7) is 4.30. The van der Waals surface area contributed by atoms with E-state index in [9.17, 15) is 9.90 Å². The van der Waals surface area contributed by atoms with Crippen LogP contribution in [0.15, 0.2) is 18.3 Å². The molecule has 0 bridgehead atoms. The van der Waals surface area contributed by atoms with E-state index in [1.54, 1.807) is 6.07 Å². The molecule has 1 aliphatic heterocycles. The Balaban J connectivity index is 1.92. The number of nitrogens with one attached hydrogen (secondary N) is 2. The number of aryl methyl sites for hydroxylation is 1. The average molecular weight is 237 g/mol. The quantitative estimate of drug-likeness (QED) is 0.673. The van der Waals surface area contributed by atoms with Crippen molar-refractivity contribution in [2.75, 3.05) is 19.6 Å². The first-order chi connectivity index (χ1) is 8.14. The van der Waals surface area contributed by atoms with Gasteiger partial charge in [0.15, 0.2) is 0 Å². The van der Waals surface area contributed by atoms with Crippen molar-refractivity contribution in [2.45, 2.75) is 25.5 Å². The fraction of sp³-hybridized carbons (Fsp3) is 0.583. The number of carbonyl (C=O) groups is 1. The maximum absolute atomic E-state index is 11.9. The lowest BCUT2D eigenvalue weighted by atomic mass is 9.97. The van der Waals surface area contributed by atoms with Crippen molar-refractivity contribution in [3.05, 3.63) is 24.0 Å². The minimum Gasteiger partial charge on any atom is -0.385 e. The molecule has 0 spiro atoms. The van der Waals surface area contributed by atoms with Gasteiger partial charge in [-0.05, 0) is 18.6 Å². The number of aromatic nitrogens is 1. The predicted molar refractivity (Wildman–Crippen MR) is 64.9 cm³/mol. The van der Waals surface area contributed by atoms with Crippen molar-refractivity contribution in [1.82, 2.24) is 15.2 Å². The van der Waals surface area contributed by atoms with E-state index in [0.717, 1.165) is 13.0 Å². The zero-order valence-electron chi connectivity index (χ0n) is 10.1. The first-order valence-corrected chi connectivity index (χ1v) is 6.01. The number of hydrogen-bond acceptors (Lipinski definition) is 3. The molecule has 1 aromatic rings. The monoisotopic (exact) mass is 237 g/mol. The van der Waals surface area contributed by atoms with Crippen LogP contribution in [-0.4, -0.2) is 40.8 Å². The predicted octanol–water partition coefficient (Wildman–Crippen LogP) is -0.0378. The number of rotatable bonds is 5. The van der Waals surface area contributed by atoms with E-state index in [0.29, 0.717) is 25.3 Å². The Morgan fingerprint density at radius 1 is 1.65 bits per heavy atom. The van der Waals surface area contributed by atoms with Crippen molar-refractivity contribution < 1.29 is 9.90 Å². The lowest BCUT2D eigenvalue weighted by Gasteiger charge is -2.37. The molecule has 3 N–H and O–H groups in total. The smallest absolute Gasteiger partial charge is 0.268 e. The number of carbonyl (C=O) groups excluding carboxylic acids is 1. The second-order valence-electron chi connectivity index (χ2n) is 4.60. The highest BCUT2D eigenvalue weighted by Gasteiger charge is 2.34. The van der Waals surface area contributed by atoms with Crippen LogP contribution >= 0.6 is 0 Å². The first-order valence-electron chi connectivity index (χ1n) is 6.01. The molecule has 0 atom stereocenters. The van der Waals surface area contributed by atoms with Crippen molar-refractivity contribution in [1.29, 1.82) is 0 Å². The van der Waals surface area contributed by atoms with Gasteiger partial charge in [-0.25, -0.2) is 0 Å². The highest BCUT2D eigenvalue weighted by atomic mass is 16.3. The number of aliphatic hydroxyl groups is 1. The molecule has 2 heterocycles. The van der Waals surface area contributed by atoms with Crippen LogP contribution in [0.5, 0.6) is 0 Å². The Morgan fingerprint density at radius 3 is 3.00 bits per heavy atom. The SMILES string of the molecule is CCCn1cccc1C(=O)NCC1(O)CNC1. The van der Waals surface area contributed by atoms with Gasteiger partial charge < -0.3 is 20.3 Å². The first kappa shape index (κ1) is 12.1. The highest BCUT2D eigenvalue weighted by molar-refractivity contribution is 5.92. The Bertz CT molecular complexity index is 396. The molecule has 0 radical (unpaired) electrons. The van der Waals surface area contributed by atoms with Gasteiger partial charge in [0.1, 0.15) is 11.3 Å². The Hall–Kier alpha value is -1.33. The van der Waals surface area contributed by atoms with Gasteiger partial charge in [-0.2, -0.15) is 0 Å². The van der Waals surface area contributed by atoms with Crippen LogP contribution in [-0.2, 0) is 6.54 Å². The van der Waals surface area contributed by atoms with Crippen LogP contribution in [0.25, 0.3) is 0 Å². The summed E-state index contributed by atoms with van der Waals surface area (Å²) in [6.07, 6.45) is 2.89. The number of amides is 1. The van der Waals surface area contributed by atoms with E-state index >= 15 is 0 Å². The summed E-state index contributed by atoms with van der Waals surface area (Å²) in [5.41, 5.74) is -0.111. The maximum Gasteiger partial charge on any atom is 0.268 e.